The molecule has 1 aliphatic rings. The second-order valence-corrected chi connectivity index (χ2v) is 8.05. The number of nitrogens with zero attached hydrogens (tertiary/aromatic N) is 2. The van der Waals surface area contributed by atoms with Crippen LogP contribution in [0.1, 0.15) is 23.3 Å². The van der Waals surface area contributed by atoms with Gasteiger partial charge in [-0.25, -0.2) is 13.8 Å². The maximum absolute atomic E-state index is 13.0. The fourth-order valence-corrected chi connectivity index (χ4v) is 4.69. The van der Waals surface area contributed by atoms with Crippen molar-refractivity contribution in [3.8, 4) is 11.1 Å². The van der Waals surface area contributed by atoms with Crippen LogP contribution in [0.15, 0.2) is 41.5 Å². The quantitative estimate of drug-likeness (QED) is 0.642. The van der Waals surface area contributed by atoms with E-state index in [1.807, 2.05) is 6.07 Å². The fraction of sp³-hybridized carbons (Fsp3) is 0.300. The highest BCUT2D eigenvalue weighted by Crippen LogP contribution is 2.45. The third-order valence-electron chi connectivity index (χ3n) is 4.79. The molecule has 4 rings (SSSR count). The Bertz CT molecular complexity index is 986. The summed E-state index contributed by atoms with van der Waals surface area (Å²) in [6, 6.07) is 10.3. The number of thiophene rings is 1. The molecule has 0 spiro atoms. The Morgan fingerprint density at radius 1 is 1.27 bits per heavy atom. The predicted octanol–water partition coefficient (Wildman–Crippen LogP) is 5.18. The topological polar surface area (TPSA) is 51.3 Å². The van der Waals surface area contributed by atoms with Crippen molar-refractivity contribution in [2.45, 2.75) is 25.2 Å². The third kappa shape index (κ3) is 3.33. The molecule has 2 heterocycles. The summed E-state index contributed by atoms with van der Waals surface area (Å²) in [5, 5.41) is 1.15. The number of aliphatic imine (C=N–C) groups is 1. The van der Waals surface area contributed by atoms with E-state index in [1.165, 1.54) is 4.88 Å². The number of benzene rings is 1. The highest BCUT2D eigenvalue weighted by atomic mass is 32.1. The van der Waals surface area contributed by atoms with Crippen molar-refractivity contribution in [1.82, 2.24) is 4.98 Å². The number of fused-ring (bicyclic) bond motifs is 1. The minimum absolute atomic E-state index is 0.0192. The molecule has 1 aromatic carbocycles. The highest BCUT2D eigenvalue weighted by Gasteiger charge is 2.44. The molecule has 0 radical (unpaired) electrons. The zero-order valence-electron chi connectivity index (χ0n) is 14.4. The lowest BCUT2D eigenvalue weighted by molar-refractivity contribution is -0.109. The van der Waals surface area contributed by atoms with Gasteiger partial charge in [0, 0.05) is 53.0 Å². The molecule has 26 heavy (non-hydrogen) atoms. The van der Waals surface area contributed by atoms with Crippen LogP contribution in [0.4, 0.5) is 14.6 Å². The zero-order chi connectivity index (χ0) is 18.3. The largest absolute Gasteiger partial charge is 0.383 e. The van der Waals surface area contributed by atoms with Crippen LogP contribution in [-0.4, -0.2) is 24.2 Å². The van der Waals surface area contributed by atoms with E-state index in [1.54, 1.807) is 30.8 Å². The molecule has 0 aliphatic heterocycles. The van der Waals surface area contributed by atoms with Crippen molar-refractivity contribution < 1.29 is 8.78 Å². The van der Waals surface area contributed by atoms with Crippen LogP contribution in [0.5, 0.6) is 0 Å². The lowest BCUT2D eigenvalue weighted by atomic mass is 9.79. The molecule has 0 unspecified atom stereocenters. The standard InChI is InChI=1S/C20H19F2N3S/c1-24-10-16-5-15(11-25-19(16)23)13-2-3-14-6-17(26-18(14)7-13)4-12-8-20(21,22)9-12/h2-3,5-7,10-12H,4,8-9H2,1H3,(H2,23,25). The first-order chi connectivity index (χ1) is 12.4. The first-order valence-corrected chi connectivity index (χ1v) is 9.33. The highest BCUT2D eigenvalue weighted by molar-refractivity contribution is 7.19. The average molecular weight is 371 g/mol. The predicted molar refractivity (Wildman–Crippen MR) is 104 cm³/mol. The zero-order valence-corrected chi connectivity index (χ0v) is 15.2. The minimum atomic E-state index is -2.45. The molecule has 0 atom stereocenters. The van der Waals surface area contributed by atoms with Gasteiger partial charge in [-0.3, -0.25) is 4.99 Å². The van der Waals surface area contributed by atoms with E-state index in [2.05, 4.69) is 34.2 Å². The number of rotatable bonds is 4. The van der Waals surface area contributed by atoms with Crippen molar-refractivity contribution in [2.24, 2.45) is 10.9 Å². The van der Waals surface area contributed by atoms with Crippen LogP contribution >= 0.6 is 11.3 Å². The maximum Gasteiger partial charge on any atom is 0.248 e. The number of hydrogen-bond donors (Lipinski definition) is 1. The van der Waals surface area contributed by atoms with Crippen LogP contribution < -0.4 is 5.73 Å². The van der Waals surface area contributed by atoms with Crippen LogP contribution in [0, 0.1) is 5.92 Å². The van der Waals surface area contributed by atoms with E-state index in [0.29, 0.717) is 5.82 Å². The molecule has 3 aromatic rings. The van der Waals surface area contributed by atoms with E-state index in [4.69, 9.17) is 5.73 Å². The summed E-state index contributed by atoms with van der Waals surface area (Å²) < 4.78 is 27.2. The van der Waals surface area contributed by atoms with Crippen molar-refractivity contribution in [2.75, 3.05) is 12.8 Å². The van der Waals surface area contributed by atoms with Gasteiger partial charge in [0.2, 0.25) is 5.92 Å². The fourth-order valence-electron chi connectivity index (χ4n) is 3.47. The van der Waals surface area contributed by atoms with Crippen molar-refractivity contribution in [1.29, 1.82) is 0 Å². The first-order valence-electron chi connectivity index (χ1n) is 8.52. The number of halogens is 2. The van der Waals surface area contributed by atoms with Gasteiger partial charge in [0.15, 0.2) is 0 Å². The van der Waals surface area contributed by atoms with Crippen LogP contribution in [0.3, 0.4) is 0 Å². The number of aromatic nitrogens is 1. The van der Waals surface area contributed by atoms with Gasteiger partial charge in [-0.1, -0.05) is 12.1 Å². The molecule has 1 aliphatic carbocycles. The number of nitrogen functional groups attached to an aromatic ring is 1. The monoisotopic (exact) mass is 371 g/mol. The van der Waals surface area contributed by atoms with Gasteiger partial charge in [0.25, 0.3) is 0 Å². The lowest BCUT2D eigenvalue weighted by Crippen LogP contribution is -2.36. The van der Waals surface area contributed by atoms with E-state index in [9.17, 15) is 8.78 Å². The summed E-state index contributed by atoms with van der Waals surface area (Å²) >= 11 is 1.69. The Morgan fingerprint density at radius 2 is 2.08 bits per heavy atom. The summed E-state index contributed by atoms with van der Waals surface area (Å²) in [6.45, 7) is 0. The Labute approximate surface area is 154 Å². The number of anilines is 1. The van der Waals surface area contributed by atoms with Crippen molar-refractivity contribution in [3.63, 3.8) is 0 Å². The minimum Gasteiger partial charge on any atom is -0.383 e. The van der Waals surface area contributed by atoms with Crippen LogP contribution in [-0.2, 0) is 6.42 Å². The molecular weight excluding hydrogens is 352 g/mol. The molecule has 0 bridgehead atoms. The van der Waals surface area contributed by atoms with E-state index in [-0.39, 0.29) is 18.8 Å². The number of pyridine rings is 1. The third-order valence-corrected chi connectivity index (χ3v) is 5.91. The molecule has 6 heteroatoms. The molecule has 0 amide bonds. The summed E-state index contributed by atoms with van der Waals surface area (Å²) in [6.07, 6.45) is 4.23. The number of nitrogens with two attached hydrogens (primary N) is 1. The van der Waals surface area contributed by atoms with E-state index >= 15 is 0 Å². The van der Waals surface area contributed by atoms with Gasteiger partial charge in [0.05, 0.1) is 0 Å². The number of alkyl halides is 2. The average Bonchev–Trinajstić information content (AvgIpc) is 2.97. The van der Waals surface area contributed by atoms with Crippen molar-refractivity contribution >= 4 is 33.5 Å². The Balaban J connectivity index is 1.61. The molecule has 1 saturated carbocycles. The normalized spacial score (nSPS) is 17.0. The Morgan fingerprint density at radius 3 is 2.81 bits per heavy atom. The van der Waals surface area contributed by atoms with Gasteiger partial charge in [-0.05, 0) is 41.5 Å². The van der Waals surface area contributed by atoms with Gasteiger partial charge >= 0.3 is 0 Å². The summed E-state index contributed by atoms with van der Waals surface area (Å²) in [7, 11) is 1.70. The maximum atomic E-state index is 13.0. The second kappa shape index (κ2) is 6.43. The summed E-state index contributed by atoms with van der Waals surface area (Å²) in [5.74, 6) is -1.89. The van der Waals surface area contributed by atoms with Gasteiger partial charge < -0.3 is 5.73 Å². The Kier molecular flexibility index (Phi) is 4.23. The Hall–Kier alpha value is -2.34. The van der Waals surface area contributed by atoms with Crippen LogP contribution in [0.2, 0.25) is 0 Å². The SMILES string of the molecule is CN=Cc1cc(-c2ccc3cc(CC4CC(F)(F)C4)sc3c2)cnc1N. The van der Waals surface area contributed by atoms with Gasteiger partial charge in [-0.2, -0.15) is 0 Å². The van der Waals surface area contributed by atoms with Gasteiger partial charge in [-0.15, -0.1) is 11.3 Å². The smallest absolute Gasteiger partial charge is 0.248 e. The lowest BCUT2D eigenvalue weighted by Gasteiger charge is -2.34. The van der Waals surface area contributed by atoms with Crippen LogP contribution in [0.25, 0.3) is 21.2 Å². The summed E-state index contributed by atoms with van der Waals surface area (Å²) in [4.78, 5) is 9.43. The number of hydrogen-bond acceptors (Lipinski definition) is 4. The van der Waals surface area contributed by atoms with Crippen molar-refractivity contribution in [3.05, 3.63) is 47.0 Å². The molecule has 3 nitrogen and oxygen atoms in total. The summed E-state index contributed by atoms with van der Waals surface area (Å²) in [5.41, 5.74) is 8.70. The second-order valence-electron chi connectivity index (χ2n) is 6.89. The first kappa shape index (κ1) is 17.1. The molecular formula is C20H19F2N3S. The molecule has 134 valence electrons. The molecule has 2 aromatic heterocycles. The van der Waals surface area contributed by atoms with E-state index < -0.39 is 5.92 Å². The molecule has 0 saturated heterocycles. The van der Waals surface area contributed by atoms with E-state index in [0.717, 1.165) is 33.2 Å². The molecule has 2 N–H and O–H groups in total. The molecule has 1 fully saturated rings. The van der Waals surface area contributed by atoms with Gasteiger partial charge in [0.1, 0.15) is 5.82 Å².